The van der Waals surface area contributed by atoms with E-state index in [1.165, 1.54) is 19.2 Å². The predicted octanol–water partition coefficient (Wildman–Crippen LogP) is 3.61. The van der Waals surface area contributed by atoms with E-state index in [4.69, 9.17) is 9.47 Å². The maximum absolute atomic E-state index is 13.6. The van der Waals surface area contributed by atoms with Gasteiger partial charge in [0.05, 0.1) is 20.3 Å². The van der Waals surface area contributed by atoms with Gasteiger partial charge in [-0.15, -0.1) is 0 Å². The molecule has 0 bridgehead atoms. The molecular formula is C23H27FN2O5. The van der Waals surface area contributed by atoms with Crippen LogP contribution in [0, 0.1) is 11.7 Å². The summed E-state index contributed by atoms with van der Waals surface area (Å²) in [6.45, 7) is 3.83. The lowest BCUT2D eigenvalue weighted by molar-refractivity contribution is -0.140. The van der Waals surface area contributed by atoms with Crippen LogP contribution in [0.5, 0.6) is 11.5 Å². The van der Waals surface area contributed by atoms with Gasteiger partial charge >= 0.3 is 12.0 Å². The number of urea groups is 1. The maximum Gasteiger partial charge on any atom is 0.326 e. The summed E-state index contributed by atoms with van der Waals surface area (Å²) < 4.78 is 24.4. The van der Waals surface area contributed by atoms with Crippen molar-refractivity contribution >= 4 is 12.0 Å². The summed E-state index contributed by atoms with van der Waals surface area (Å²) in [4.78, 5) is 26.4. The van der Waals surface area contributed by atoms with Crippen molar-refractivity contribution in [3.05, 3.63) is 58.9 Å². The van der Waals surface area contributed by atoms with E-state index in [1.807, 2.05) is 12.1 Å². The fraction of sp³-hybridized carbons (Fsp3) is 0.391. The Bertz CT molecular complexity index is 961. The van der Waals surface area contributed by atoms with Crippen LogP contribution in [0.1, 0.15) is 36.6 Å². The second-order valence-electron chi connectivity index (χ2n) is 7.81. The highest BCUT2D eigenvalue weighted by molar-refractivity contribution is 5.83. The average molecular weight is 430 g/mol. The number of hydrogen-bond acceptors (Lipinski definition) is 4. The van der Waals surface area contributed by atoms with E-state index >= 15 is 0 Å². The minimum absolute atomic E-state index is 0.285. The van der Waals surface area contributed by atoms with Crippen molar-refractivity contribution in [1.82, 2.24) is 10.2 Å². The number of rotatable bonds is 6. The van der Waals surface area contributed by atoms with Gasteiger partial charge in [-0.1, -0.05) is 26.0 Å². The molecule has 2 atom stereocenters. The molecule has 1 heterocycles. The van der Waals surface area contributed by atoms with Crippen LogP contribution in [0.4, 0.5) is 9.18 Å². The van der Waals surface area contributed by atoms with Crippen molar-refractivity contribution < 1.29 is 28.6 Å². The largest absolute Gasteiger partial charge is 0.493 e. The van der Waals surface area contributed by atoms with Gasteiger partial charge < -0.3 is 24.8 Å². The molecule has 1 aliphatic heterocycles. The van der Waals surface area contributed by atoms with Gasteiger partial charge in [-0.3, -0.25) is 0 Å². The number of hydrogen-bond donors (Lipinski definition) is 2. The number of fused-ring (bicyclic) bond motifs is 1. The van der Waals surface area contributed by atoms with Crippen LogP contribution in [0.3, 0.4) is 0 Å². The molecule has 3 rings (SSSR count). The molecule has 2 N–H and O–H groups in total. The third-order valence-electron chi connectivity index (χ3n) is 5.53. The van der Waals surface area contributed by atoms with E-state index in [1.54, 1.807) is 38.0 Å². The molecule has 2 aromatic rings. The van der Waals surface area contributed by atoms with Gasteiger partial charge in [0.15, 0.2) is 11.5 Å². The molecule has 1 aliphatic rings. The molecule has 0 unspecified atom stereocenters. The molecule has 7 nitrogen and oxygen atoms in total. The molecule has 2 aromatic carbocycles. The Balaban J connectivity index is 2.06. The normalized spacial score (nSPS) is 16.5. The van der Waals surface area contributed by atoms with E-state index in [2.05, 4.69) is 5.32 Å². The first-order valence-corrected chi connectivity index (χ1v) is 10.1. The molecule has 0 saturated heterocycles. The molecule has 31 heavy (non-hydrogen) atoms. The molecule has 2 amide bonds. The SMILES string of the molecule is COc1cc2c(cc1OC)[C@H](c1ccc(F)cc1)N(C(=O)N[C@H](C(=O)O)C(C)C)CC2. The molecule has 8 heteroatoms. The van der Waals surface area contributed by atoms with Crippen LogP contribution in [-0.4, -0.2) is 48.8 Å². The summed E-state index contributed by atoms with van der Waals surface area (Å²) in [6, 6.07) is 7.59. The van der Waals surface area contributed by atoms with E-state index in [0.717, 1.165) is 11.1 Å². The molecule has 166 valence electrons. The summed E-state index contributed by atoms with van der Waals surface area (Å²) in [7, 11) is 3.09. The van der Waals surface area contributed by atoms with Gasteiger partial charge in [-0.2, -0.15) is 0 Å². The molecule has 0 aromatic heterocycles. The minimum Gasteiger partial charge on any atom is -0.493 e. The quantitative estimate of drug-likeness (QED) is 0.731. The van der Waals surface area contributed by atoms with Gasteiger partial charge in [-0.05, 0) is 53.3 Å². The summed E-state index contributed by atoms with van der Waals surface area (Å²) in [5.74, 6) is -0.657. The number of benzene rings is 2. The third kappa shape index (κ3) is 4.57. The Hall–Kier alpha value is -3.29. The van der Waals surface area contributed by atoms with E-state index in [0.29, 0.717) is 30.0 Å². The number of carboxylic acids is 1. The Morgan fingerprint density at radius 1 is 1.13 bits per heavy atom. The number of carbonyl (C=O) groups excluding carboxylic acids is 1. The standard InChI is InChI=1S/C23H27FN2O5/c1-13(2)20(22(27)28)25-23(29)26-10-9-15-11-18(30-3)19(31-4)12-17(15)21(26)14-5-7-16(24)8-6-14/h5-8,11-13,20-21H,9-10H2,1-4H3,(H,25,29)(H,27,28)/t20-,21-/m0/s1. The smallest absolute Gasteiger partial charge is 0.326 e. The lowest BCUT2D eigenvalue weighted by Gasteiger charge is -2.38. The number of methoxy groups -OCH3 is 2. The van der Waals surface area contributed by atoms with Crippen molar-refractivity contribution in [1.29, 1.82) is 0 Å². The van der Waals surface area contributed by atoms with E-state index in [9.17, 15) is 19.1 Å². The van der Waals surface area contributed by atoms with Crippen LogP contribution in [0.15, 0.2) is 36.4 Å². The molecule has 0 radical (unpaired) electrons. The highest BCUT2D eigenvalue weighted by Crippen LogP contribution is 2.41. The molecule has 0 saturated carbocycles. The highest BCUT2D eigenvalue weighted by Gasteiger charge is 2.35. The Kier molecular flexibility index (Phi) is 6.68. The Morgan fingerprint density at radius 2 is 1.74 bits per heavy atom. The van der Waals surface area contributed by atoms with Crippen LogP contribution in [0.25, 0.3) is 0 Å². The topological polar surface area (TPSA) is 88.1 Å². The van der Waals surface area contributed by atoms with Gasteiger partial charge in [0.1, 0.15) is 11.9 Å². The average Bonchev–Trinajstić information content (AvgIpc) is 2.75. The number of halogens is 1. The zero-order chi connectivity index (χ0) is 22.7. The van der Waals surface area contributed by atoms with E-state index in [-0.39, 0.29) is 11.7 Å². The highest BCUT2D eigenvalue weighted by atomic mass is 19.1. The second-order valence-corrected chi connectivity index (χ2v) is 7.81. The molecule has 0 spiro atoms. The van der Waals surface area contributed by atoms with Crippen LogP contribution >= 0.6 is 0 Å². The fourth-order valence-corrected chi connectivity index (χ4v) is 3.90. The molecule has 0 fully saturated rings. The summed E-state index contributed by atoms with van der Waals surface area (Å²) in [5.41, 5.74) is 2.51. The van der Waals surface area contributed by atoms with Crippen LogP contribution in [-0.2, 0) is 11.2 Å². The zero-order valence-corrected chi connectivity index (χ0v) is 18.0. The number of nitrogens with one attached hydrogen (secondary N) is 1. The first-order chi connectivity index (χ1) is 14.8. The minimum atomic E-state index is -1.09. The first-order valence-electron chi connectivity index (χ1n) is 10.1. The number of carbonyl (C=O) groups is 2. The van der Waals surface area contributed by atoms with Gasteiger partial charge in [-0.25, -0.2) is 14.0 Å². The summed E-state index contributed by atoms with van der Waals surface area (Å²) in [5, 5.41) is 12.1. The van der Waals surface area contributed by atoms with Crippen LogP contribution < -0.4 is 14.8 Å². The maximum atomic E-state index is 13.6. The van der Waals surface area contributed by atoms with Crippen molar-refractivity contribution in [2.75, 3.05) is 20.8 Å². The summed E-state index contributed by atoms with van der Waals surface area (Å²) >= 11 is 0. The predicted molar refractivity (Wildman–Crippen MR) is 113 cm³/mol. The van der Waals surface area contributed by atoms with Crippen molar-refractivity contribution in [2.24, 2.45) is 5.92 Å². The van der Waals surface area contributed by atoms with Crippen molar-refractivity contribution in [3.8, 4) is 11.5 Å². The summed E-state index contributed by atoms with van der Waals surface area (Å²) in [6.07, 6.45) is 0.556. The zero-order valence-electron chi connectivity index (χ0n) is 18.0. The molecule has 0 aliphatic carbocycles. The van der Waals surface area contributed by atoms with Crippen molar-refractivity contribution in [2.45, 2.75) is 32.4 Å². The number of ether oxygens (including phenoxy) is 2. The lowest BCUT2D eigenvalue weighted by atomic mass is 9.87. The van der Waals surface area contributed by atoms with Gasteiger partial charge in [0, 0.05) is 6.54 Å². The van der Waals surface area contributed by atoms with Gasteiger partial charge in [0.25, 0.3) is 0 Å². The Labute approximate surface area is 180 Å². The fourth-order valence-electron chi connectivity index (χ4n) is 3.90. The van der Waals surface area contributed by atoms with E-state index < -0.39 is 24.1 Å². The van der Waals surface area contributed by atoms with Crippen LogP contribution in [0.2, 0.25) is 0 Å². The van der Waals surface area contributed by atoms with Crippen molar-refractivity contribution in [3.63, 3.8) is 0 Å². The second kappa shape index (κ2) is 9.24. The third-order valence-corrected chi connectivity index (χ3v) is 5.53. The van der Waals surface area contributed by atoms with Gasteiger partial charge in [0.2, 0.25) is 0 Å². The number of aliphatic carboxylic acids is 1. The number of carboxylic acid groups (broad SMARTS) is 1. The number of nitrogens with zero attached hydrogens (tertiary/aromatic N) is 1. The number of amides is 2. The Morgan fingerprint density at radius 3 is 2.29 bits per heavy atom. The monoisotopic (exact) mass is 430 g/mol. The first kappa shape index (κ1) is 22.4. The molecular weight excluding hydrogens is 403 g/mol. The lowest BCUT2D eigenvalue weighted by Crippen LogP contribution is -2.52.